The van der Waals surface area contributed by atoms with Gasteiger partial charge in [-0.3, -0.25) is 9.69 Å². The number of halogens is 3. The van der Waals surface area contributed by atoms with E-state index in [4.69, 9.17) is 5.11 Å². The van der Waals surface area contributed by atoms with E-state index in [9.17, 15) is 23.1 Å². The molecule has 0 amide bonds. The van der Waals surface area contributed by atoms with E-state index >= 15 is 0 Å². The monoisotopic (exact) mass is 303 g/mol. The van der Waals surface area contributed by atoms with Gasteiger partial charge < -0.3 is 10.2 Å². The molecule has 0 aromatic heterocycles. The Labute approximate surface area is 119 Å². The summed E-state index contributed by atoms with van der Waals surface area (Å²) in [5.41, 5.74) is -0.572. The minimum Gasteiger partial charge on any atom is -0.508 e. The van der Waals surface area contributed by atoms with Crippen LogP contribution in [0, 0.1) is 5.92 Å². The minimum absolute atomic E-state index is 0.196. The van der Waals surface area contributed by atoms with Gasteiger partial charge in [-0.2, -0.15) is 13.2 Å². The molecule has 4 nitrogen and oxygen atoms in total. The number of phenols is 1. The Morgan fingerprint density at radius 3 is 2.67 bits per heavy atom. The van der Waals surface area contributed by atoms with Crippen molar-refractivity contribution in [2.24, 2.45) is 5.92 Å². The Morgan fingerprint density at radius 1 is 1.33 bits per heavy atom. The molecule has 0 bridgehead atoms. The Morgan fingerprint density at radius 2 is 2.05 bits per heavy atom. The molecule has 1 saturated heterocycles. The first kappa shape index (κ1) is 15.6. The zero-order valence-electron chi connectivity index (χ0n) is 11.2. The number of benzene rings is 1. The number of alkyl halides is 3. The molecule has 0 aliphatic carbocycles. The Bertz CT molecular complexity index is 531. The van der Waals surface area contributed by atoms with Crippen LogP contribution in [0.5, 0.6) is 5.75 Å². The maximum Gasteiger partial charge on any atom is 0.416 e. The summed E-state index contributed by atoms with van der Waals surface area (Å²) < 4.78 is 38.1. The van der Waals surface area contributed by atoms with Crippen molar-refractivity contribution in [1.29, 1.82) is 0 Å². The van der Waals surface area contributed by atoms with Crippen molar-refractivity contribution in [1.82, 2.24) is 4.90 Å². The van der Waals surface area contributed by atoms with Gasteiger partial charge >= 0.3 is 12.1 Å². The van der Waals surface area contributed by atoms with Crippen molar-refractivity contribution in [2.45, 2.75) is 25.6 Å². The summed E-state index contributed by atoms with van der Waals surface area (Å²) in [6.45, 7) is 1.15. The third kappa shape index (κ3) is 4.10. The highest BCUT2D eigenvalue weighted by Crippen LogP contribution is 2.32. The third-order valence-electron chi connectivity index (χ3n) is 3.57. The zero-order valence-corrected chi connectivity index (χ0v) is 11.2. The number of carbonyl (C=O) groups is 1. The van der Waals surface area contributed by atoms with E-state index in [1.54, 1.807) is 4.90 Å². The van der Waals surface area contributed by atoms with Crippen molar-refractivity contribution < 1.29 is 28.2 Å². The Hall–Kier alpha value is -1.76. The molecule has 2 N–H and O–H groups in total. The summed E-state index contributed by atoms with van der Waals surface area (Å²) in [5, 5.41) is 18.4. The summed E-state index contributed by atoms with van der Waals surface area (Å²) in [6, 6.07) is 2.95. The number of phenolic OH excluding ortho intramolecular Hbond substituents is 1. The van der Waals surface area contributed by atoms with Crippen molar-refractivity contribution in [3.63, 3.8) is 0 Å². The second-order valence-corrected chi connectivity index (χ2v) is 5.30. The number of aromatic hydroxyl groups is 1. The largest absolute Gasteiger partial charge is 0.508 e. The van der Waals surface area contributed by atoms with Gasteiger partial charge in [0, 0.05) is 13.1 Å². The van der Waals surface area contributed by atoms with Crippen LogP contribution in [-0.4, -0.2) is 34.2 Å². The number of carboxylic acids is 1. The van der Waals surface area contributed by atoms with Gasteiger partial charge in [0.15, 0.2) is 0 Å². The summed E-state index contributed by atoms with van der Waals surface area (Å²) in [5.74, 6) is -1.81. The zero-order chi connectivity index (χ0) is 15.6. The number of likely N-dealkylation sites (tertiary alicyclic amines) is 1. The summed E-state index contributed by atoms with van der Waals surface area (Å²) >= 11 is 0. The first-order chi connectivity index (χ1) is 9.75. The molecule has 21 heavy (non-hydrogen) atoms. The molecule has 1 aromatic rings. The van der Waals surface area contributed by atoms with Crippen LogP contribution in [-0.2, 0) is 17.5 Å². The lowest BCUT2D eigenvalue weighted by Crippen LogP contribution is -2.38. The first-order valence-corrected chi connectivity index (χ1v) is 6.61. The fraction of sp³-hybridized carbons (Fsp3) is 0.500. The lowest BCUT2D eigenvalue weighted by Gasteiger charge is -2.30. The molecule has 116 valence electrons. The highest BCUT2D eigenvalue weighted by molar-refractivity contribution is 5.70. The second-order valence-electron chi connectivity index (χ2n) is 5.30. The van der Waals surface area contributed by atoms with Crippen LogP contribution < -0.4 is 0 Å². The van der Waals surface area contributed by atoms with E-state index in [0.29, 0.717) is 37.6 Å². The van der Waals surface area contributed by atoms with Gasteiger partial charge in [0.1, 0.15) is 5.75 Å². The SMILES string of the molecule is O=C(O)C1CCCN(Cc2cc(O)cc(C(F)(F)F)c2)C1. The van der Waals surface area contributed by atoms with E-state index in [0.717, 1.165) is 6.07 Å². The molecule has 0 saturated carbocycles. The molecule has 0 radical (unpaired) electrons. The number of nitrogens with zero attached hydrogens (tertiary/aromatic N) is 1. The maximum absolute atomic E-state index is 12.7. The number of hydrogen-bond donors (Lipinski definition) is 2. The van der Waals surface area contributed by atoms with Gasteiger partial charge in [0.25, 0.3) is 0 Å². The van der Waals surface area contributed by atoms with Crippen LogP contribution in [0.1, 0.15) is 24.0 Å². The van der Waals surface area contributed by atoms with Crippen LogP contribution in [0.2, 0.25) is 0 Å². The number of piperidine rings is 1. The molecule has 7 heteroatoms. The Balaban J connectivity index is 2.12. The topological polar surface area (TPSA) is 60.8 Å². The average molecular weight is 303 g/mol. The van der Waals surface area contributed by atoms with Crippen LogP contribution in [0.15, 0.2) is 18.2 Å². The summed E-state index contributed by atoms with van der Waals surface area (Å²) in [4.78, 5) is 12.8. The van der Waals surface area contributed by atoms with Crippen LogP contribution in [0.25, 0.3) is 0 Å². The molecular weight excluding hydrogens is 287 g/mol. The van der Waals surface area contributed by atoms with Gasteiger partial charge in [0.2, 0.25) is 0 Å². The predicted octanol–water partition coefficient (Wildman–Crippen LogP) is 2.71. The highest BCUT2D eigenvalue weighted by atomic mass is 19.4. The average Bonchev–Trinajstić information content (AvgIpc) is 2.37. The lowest BCUT2D eigenvalue weighted by molar-refractivity contribution is -0.143. The Kier molecular flexibility index (Phi) is 4.41. The molecule has 0 spiro atoms. The van der Waals surface area contributed by atoms with Gasteiger partial charge in [-0.15, -0.1) is 0 Å². The van der Waals surface area contributed by atoms with Crippen LogP contribution >= 0.6 is 0 Å². The van der Waals surface area contributed by atoms with E-state index in [1.807, 2.05) is 0 Å². The summed E-state index contributed by atoms with van der Waals surface area (Å²) in [6.07, 6.45) is -3.24. The molecule has 2 rings (SSSR count). The first-order valence-electron chi connectivity index (χ1n) is 6.61. The molecule has 1 fully saturated rings. The van der Waals surface area contributed by atoms with Gasteiger partial charge in [-0.25, -0.2) is 0 Å². The predicted molar refractivity (Wildman–Crippen MR) is 68.7 cm³/mol. The van der Waals surface area contributed by atoms with Crippen LogP contribution in [0.4, 0.5) is 13.2 Å². The lowest BCUT2D eigenvalue weighted by atomic mass is 9.97. The smallest absolute Gasteiger partial charge is 0.416 e. The van der Waals surface area contributed by atoms with Gasteiger partial charge in [-0.05, 0) is 43.1 Å². The second kappa shape index (κ2) is 5.93. The molecule has 1 atom stereocenters. The molecule has 1 aliphatic heterocycles. The molecule has 1 aromatic carbocycles. The van der Waals surface area contributed by atoms with Crippen molar-refractivity contribution in [2.75, 3.05) is 13.1 Å². The molecule has 1 heterocycles. The number of carboxylic acid groups (broad SMARTS) is 1. The molecule has 1 aliphatic rings. The van der Waals surface area contributed by atoms with E-state index < -0.39 is 29.4 Å². The normalized spacial score (nSPS) is 20.4. The standard InChI is InChI=1S/C14H16F3NO3/c15-14(16,17)11-4-9(5-12(19)6-11)7-18-3-1-2-10(8-18)13(20)21/h4-6,10,19H,1-3,7-8H2,(H,20,21). The number of rotatable bonds is 3. The van der Waals surface area contributed by atoms with Gasteiger partial charge in [-0.1, -0.05) is 0 Å². The van der Waals surface area contributed by atoms with Crippen molar-refractivity contribution >= 4 is 5.97 Å². The molecule has 1 unspecified atom stereocenters. The summed E-state index contributed by atoms with van der Waals surface area (Å²) in [7, 11) is 0. The van der Waals surface area contributed by atoms with E-state index in [2.05, 4.69) is 0 Å². The fourth-order valence-corrected chi connectivity index (χ4v) is 2.59. The van der Waals surface area contributed by atoms with E-state index in [-0.39, 0.29) is 6.54 Å². The minimum atomic E-state index is -4.51. The fourth-order valence-electron chi connectivity index (χ4n) is 2.59. The van der Waals surface area contributed by atoms with E-state index in [1.165, 1.54) is 6.07 Å². The van der Waals surface area contributed by atoms with Crippen LogP contribution in [0.3, 0.4) is 0 Å². The quantitative estimate of drug-likeness (QED) is 0.901. The highest BCUT2D eigenvalue weighted by Gasteiger charge is 2.32. The number of aliphatic carboxylic acids is 1. The number of hydrogen-bond acceptors (Lipinski definition) is 3. The van der Waals surface area contributed by atoms with Crippen molar-refractivity contribution in [3.05, 3.63) is 29.3 Å². The maximum atomic E-state index is 12.7. The van der Waals surface area contributed by atoms with Gasteiger partial charge in [0.05, 0.1) is 11.5 Å². The third-order valence-corrected chi connectivity index (χ3v) is 3.57. The molecular formula is C14H16F3NO3. The van der Waals surface area contributed by atoms with Crippen molar-refractivity contribution in [3.8, 4) is 5.75 Å².